The molecular weight excluding hydrogens is 671 g/mol. The average molecular weight is 706 g/mol. The van der Waals surface area contributed by atoms with Crippen LogP contribution in [-0.4, -0.2) is 26.8 Å². The molecule has 7 aromatic rings. The van der Waals surface area contributed by atoms with Gasteiger partial charge in [-0.15, -0.1) is 0 Å². The molecule has 2 aromatic heterocycles. The van der Waals surface area contributed by atoms with Gasteiger partial charge in [0.2, 0.25) is 0 Å². The average Bonchev–Trinajstić information content (AvgIpc) is 3.94. The standard InChI is InChI=1S/C50H35N5/c1-2-8-49-48(7-1)53-50(55(49)45-24-15-38-31-41(38)32-45)35-13-22-44(23-14-35)54(42-18-9-33(10-19-42)36-16-25-46-39(29-36)5-3-27-51-46)43-20-11-34(12-21-43)37-17-26-47-40(30-37)6-4-28-52-47/h1-32,38-39,46H/t38?,39?,46-/m0/s1. The van der Waals surface area contributed by atoms with Crippen molar-refractivity contribution in [2.75, 3.05) is 4.90 Å². The van der Waals surface area contributed by atoms with Crippen molar-refractivity contribution >= 4 is 56.5 Å². The molecule has 3 atom stereocenters. The summed E-state index contributed by atoms with van der Waals surface area (Å²) in [4.78, 5) is 16.6. The predicted molar refractivity (Wildman–Crippen MR) is 228 cm³/mol. The number of hydrogen-bond donors (Lipinski definition) is 0. The van der Waals surface area contributed by atoms with E-state index in [0.29, 0.717) is 11.8 Å². The highest BCUT2D eigenvalue weighted by Crippen LogP contribution is 2.41. The van der Waals surface area contributed by atoms with Gasteiger partial charge in [-0.05, 0) is 125 Å². The van der Waals surface area contributed by atoms with Crippen LogP contribution in [0.2, 0.25) is 0 Å². The molecule has 0 amide bonds. The van der Waals surface area contributed by atoms with Crippen molar-refractivity contribution in [3.8, 4) is 22.5 Å². The minimum Gasteiger partial charge on any atom is -0.311 e. The van der Waals surface area contributed by atoms with Gasteiger partial charge in [0.1, 0.15) is 5.82 Å². The van der Waals surface area contributed by atoms with Gasteiger partial charge in [-0.25, -0.2) is 4.98 Å². The van der Waals surface area contributed by atoms with Gasteiger partial charge in [-0.3, -0.25) is 14.5 Å². The Hall–Kier alpha value is -7.11. The van der Waals surface area contributed by atoms with Crippen LogP contribution in [0.1, 0.15) is 5.56 Å². The summed E-state index contributed by atoms with van der Waals surface area (Å²) in [6.07, 6.45) is 23.9. The number of dihydropyridines is 1. The lowest BCUT2D eigenvalue weighted by Crippen LogP contribution is -2.17. The van der Waals surface area contributed by atoms with E-state index in [0.717, 1.165) is 61.6 Å². The number of benzene rings is 5. The highest BCUT2D eigenvalue weighted by molar-refractivity contribution is 5.90. The fraction of sp³-hybridized carbons (Fsp3) is 0.0600. The third-order valence-corrected chi connectivity index (χ3v) is 11.1. The largest absolute Gasteiger partial charge is 0.311 e. The smallest absolute Gasteiger partial charge is 0.145 e. The monoisotopic (exact) mass is 705 g/mol. The molecule has 0 saturated carbocycles. The van der Waals surface area contributed by atoms with Gasteiger partial charge < -0.3 is 4.90 Å². The van der Waals surface area contributed by atoms with E-state index in [2.05, 4.69) is 189 Å². The second kappa shape index (κ2) is 12.8. The van der Waals surface area contributed by atoms with Crippen LogP contribution in [0.25, 0.3) is 55.7 Å². The number of anilines is 3. The minimum absolute atomic E-state index is 0.191. The van der Waals surface area contributed by atoms with Crippen molar-refractivity contribution in [1.82, 2.24) is 14.5 Å². The lowest BCUT2D eigenvalue weighted by atomic mass is 9.88. The Labute approximate surface area is 319 Å². The number of aromatic nitrogens is 3. The number of rotatable bonds is 7. The van der Waals surface area contributed by atoms with E-state index in [1.165, 1.54) is 22.3 Å². The molecule has 0 fully saturated rings. The molecule has 55 heavy (non-hydrogen) atoms. The second-order valence-corrected chi connectivity index (χ2v) is 14.5. The van der Waals surface area contributed by atoms with Crippen molar-refractivity contribution < 1.29 is 0 Å². The maximum absolute atomic E-state index is 5.15. The molecule has 0 radical (unpaired) electrons. The first kappa shape index (κ1) is 31.4. The third kappa shape index (κ3) is 5.69. The lowest BCUT2D eigenvalue weighted by molar-refractivity contribution is 0.685. The Morgan fingerprint density at radius 2 is 1.35 bits per heavy atom. The van der Waals surface area contributed by atoms with Gasteiger partial charge in [0.15, 0.2) is 0 Å². The maximum Gasteiger partial charge on any atom is 0.145 e. The van der Waals surface area contributed by atoms with Crippen molar-refractivity contribution in [3.05, 3.63) is 199 Å². The van der Waals surface area contributed by atoms with Crippen molar-refractivity contribution in [2.24, 2.45) is 16.8 Å². The van der Waals surface area contributed by atoms with Crippen LogP contribution in [0.5, 0.6) is 0 Å². The van der Waals surface area contributed by atoms with Gasteiger partial charge in [-0.2, -0.15) is 0 Å². The van der Waals surface area contributed by atoms with Crippen LogP contribution in [0.15, 0.2) is 199 Å². The molecule has 1 aliphatic heterocycles. The van der Waals surface area contributed by atoms with E-state index in [1.807, 2.05) is 24.6 Å². The normalized spacial score (nSPS) is 19.1. The summed E-state index contributed by atoms with van der Waals surface area (Å²) in [5, 5.41) is 1.13. The van der Waals surface area contributed by atoms with Crippen LogP contribution < -0.4 is 4.90 Å². The number of para-hydroxylation sites is 2. The molecule has 3 heterocycles. The number of aliphatic imine (C=N–C) groups is 1. The molecule has 5 nitrogen and oxygen atoms in total. The summed E-state index contributed by atoms with van der Waals surface area (Å²) < 4.78 is 2.29. The van der Waals surface area contributed by atoms with Gasteiger partial charge in [-0.1, -0.05) is 85.0 Å². The van der Waals surface area contributed by atoms with Crippen molar-refractivity contribution in [2.45, 2.75) is 6.04 Å². The molecule has 3 aliphatic carbocycles. The summed E-state index contributed by atoms with van der Waals surface area (Å²) in [7, 11) is 0. The molecule has 0 bridgehead atoms. The number of imidazole rings is 1. The molecular formula is C50H35N5. The van der Waals surface area contributed by atoms with Gasteiger partial charge >= 0.3 is 0 Å². The SMILES string of the molecule is C1=CC2C=C(c3ccc(N(c4ccc(-c5ccc6ncccc6c5)cc4)c4ccc(-c5nc6ccccc6n5C5=CC6=CC6C=C5)cc4)cc3)C=C[C@@H]2N=C1. The summed E-state index contributed by atoms with van der Waals surface area (Å²) in [5.74, 6) is 1.72. The minimum atomic E-state index is 0.191. The summed E-state index contributed by atoms with van der Waals surface area (Å²) >= 11 is 0. The van der Waals surface area contributed by atoms with E-state index in [9.17, 15) is 0 Å². The zero-order valence-electron chi connectivity index (χ0n) is 29.9. The first-order valence-corrected chi connectivity index (χ1v) is 18.9. The molecule has 2 unspecified atom stereocenters. The molecule has 260 valence electrons. The number of fused-ring (bicyclic) bond motifs is 4. The highest BCUT2D eigenvalue weighted by Gasteiger charge is 2.26. The van der Waals surface area contributed by atoms with Gasteiger partial charge in [0, 0.05) is 58.0 Å². The second-order valence-electron chi connectivity index (χ2n) is 14.5. The van der Waals surface area contributed by atoms with Crippen LogP contribution >= 0.6 is 0 Å². The van der Waals surface area contributed by atoms with Crippen LogP contribution in [-0.2, 0) is 0 Å². The fourth-order valence-corrected chi connectivity index (χ4v) is 8.11. The Morgan fingerprint density at radius 1 is 0.600 bits per heavy atom. The molecule has 11 rings (SSSR count). The topological polar surface area (TPSA) is 46.3 Å². The first-order chi connectivity index (χ1) is 27.2. The van der Waals surface area contributed by atoms with Crippen molar-refractivity contribution in [1.29, 1.82) is 0 Å². The first-order valence-electron chi connectivity index (χ1n) is 18.9. The Kier molecular flexibility index (Phi) is 7.30. The molecule has 5 heteroatoms. The predicted octanol–water partition coefficient (Wildman–Crippen LogP) is 11.9. The maximum atomic E-state index is 5.15. The van der Waals surface area contributed by atoms with Crippen LogP contribution in [0.4, 0.5) is 17.1 Å². The fourth-order valence-electron chi connectivity index (χ4n) is 8.11. The Bertz CT molecular complexity index is 2860. The highest BCUT2D eigenvalue weighted by atomic mass is 15.1. The zero-order chi connectivity index (χ0) is 36.3. The molecule has 5 aromatic carbocycles. The molecule has 4 aliphatic rings. The van der Waals surface area contributed by atoms with Crippen LogP contribution in [0, 0.1) is 11.8 Å². The number of nitrogens with zero attached hydrogens (tertiary/aromatic N) is 5. The van der Waals surface area contributed by atoms with E-state index >= 15 is 0 Å². The Morgan fingerprint density at radius 3 is 2.15 bits per heavy atom. The Balaban J connectivity index is 0.971. The van der Waals surface area contributed by atoms with E-state index in [1.54, 1.807) is 0 Å². The molecule has 0 saturated heterocycles. The quantitative estimate of drug-likeness (QED) is 0.166. The zero-order valence-corrected chi connectivity index (χ0v) is 29.9. The van der Waals surface area contributed by atoms with E-state index in [-0.39, 0.29) is 6.04 Å². The molecule has 0 N–H and O–H groups in total. The third-order valence-electron chi connectivity index (χ3n) is 11.1. The van der Waals surface area contributed by atoms with Gasteiger partial charge in [0.25, 0.3) is 0 Å². The number of pyridine rings is 1. The van der Waals surface area contributed by atoms with Crippen LogP contribution in [0.3, 0.4) is 0 Å². The van der Waals surface area contributed by atoms with E-state index < -0.39 is 0 Å². The van der Waals surface area contributed by atoms with E-state index in [4.69, 9.17) is 4.98 Å². The summed E-state index contributed by atoms with van der Waals surface area (Å²) in [6.45, 7) is 0. The molecule has 0 spiro atoms. The number of hydrogen-bond acceptors (Lipinski definition) is 4. The van der Waals surface area contributed by atoms with Gasteiger partial charge in [0.05, 0.1) is 22.6 Å². The summed E-state index contributed by atoms with van der Waals surface area (Å²) in [5.41, 5.74) is 14.6. The summed E-state index contributed by atoms with van der Waals surface area (Å²) in [6, 6.07) is 45.7. The number of allylic oxidation sites excluding steroid dienone is 9. The van der Waals surface area contributed by atoms with Crippen molar-refractivity contribution in [3.63, 3.8) is 0 Å². The lowest BCUT2D eigenvalue weighted by Gasteiger charge is -2.27.